The fraction of sp³-hybridized carbons (Fsp3) is 0.533. The summed E-state index contributed by atoms with van der Waals surface area (Å²) in [5.41, 5.74) is 4.57. The van der Waals surface area contributed by atoms with E-state index in [1.807, 2.05) is 18.2 Å². The zero-order valence-electron chi connectivity index (χ0n) is 12.1. The van der Waals surface area contributed by atoms with E-state index >= 15 is 0 Å². The number of rotatable bonds is 7. The molecule has 0 radical (unpaired) electrons. The maximum atomic E-state index is 10.9. The van der Waals surface area contributed by atoms with Crippen LogP contribution in [0.1, 0.15) is 26.2 Å². The maximum Gasteiger partial charge on any atom is 0.323 e. The average Bonchev–Trinajstić information content (AvgIpc) is 2.46. The van der Waals surface area contributed by atoms with Crippen molar-refractivity contribution in [2.75, 3.05) is 19.0 Å². The molecule has 0 bridgehead atoms. The Balaban J connectivity index is 1.73. The van der Waals surface area contributed by atoms with Gasteiger partial charge < -0.3 is 20.3 Å². The van der Waals surface area contributed by atoms with Gasteiger partial charge in [-0.1, -0.05) is 6.42 Å². The highest BCUT2D eigenvalue weighted by Crippen LogP contribution is 2.34. The van der Waals surface area contributed by atoms with E-state index in [-0.39, 0.29) is 0 Å². The van der Waals surface area contributed by atoms with Crippen molar-refractivity contribution >= 4 is 17.7 Å². The van der Waals surface area contributed by atoms with Gasteiger partial charge in [0.15, 0.2) is 11.5 Å². The second-order valence-corrected chi connectivity index (χ2v) is 6.50. The fourth-order valence-corrected chi connectivity index (χ4v) is 2.94. The van der Waals surface area contributed by atoms with E-state index in [0.29, 0.717) is 19.6 Å². The molecule has 6 heteroatoms. The average molecular weight is 311 g/mol. The molecule has 1 aromatic rings. The minimum absolute atomic E-state index is 0.490. The number of benzene rings is 1. The van der Waals surface area contributed by atoms with Crippen molar-refractivity contribution in [1.29, 1.82) is 0 Å². The number of aliphatic carboxylic acids is 1. The molecule has 0 fully saturated rings. The molecule has 1 atom stereocenters. The van der Waals surface area contributed by atoms with Crippen LogP contribution >= 0.6 is 11.8 Å². The topological polar surface area (TPSA) is 81.8 Å². The summed E-state index contributed by atoms with van der Waals surface area (Å²) in [6.45, 7) is 2.75. The van der Waals surface area contributed by atoms with Crippen molar-refractivity contribution < 1.29 is 19.4 Å². The number of thioether (sulfide) groups is 1. The van der Waals surface area contributed by atoms with Crippen molar-refractivity contribution in [2.45, 2.75) is 36.6 Å². The minimum atomic E-state index is -1.12. The molecule has 1 aromatic carbocycles. The van der Waals surface area contributed by atoms with E-state index in [2.05, 4.69) is 0 Å². The highest BCUT2D eigenvalue weighted by atomic mass is 32.2. The SMILES string of the molecule is CC(N)(CCCCSc1ccc2c(c1)OCCO2)C(=O)O. The summed E-state index contributed by atoms with van der Waals surface area (Å²) >= 11 is 1.73. The van der Waals surface area contributed by atoms with Crippen LogP contribution in [0.2, 0.25) is 0 Å². The van der Waals surface area contributed by atoms with Gasteiger partial charge in [-0.25, -0.2) is 0 Å². The Bertz CT molecular complexity index is 504. The summed E-state index contributed by atoms with van der Waals surface area (Å²) in [5.74, 6) is 1.58. The number of nitrogens with two attached hydrogens (primary N) is 1. The Labute approximate surface area is 128 Å². The van der Waals surface area contributed by atoms with Crippen LogP contribution in [0.3, 0.4) is 0 Å². The molecule has 1 heterocycles. The molecule has 3 N–H and O–H groups in total. The van der Waals surface area contributed by atoms with Crippen LogP contribution < -0.4 is 15.2 Å². The number of unbranched alkanes of at least 4 members (excludes halogenated alkanes) is 1. The summed E-state index contributed by atoms with van der Waals surface area (Å²) in [6, 6.07) is 5.93. The maximum absolute atomic E-state index is 10.9. The number of carboxylic acid groups (broad SMARTS) is 1. The molecule has 1 aliphatic rings. The molecule has 21 heavy (non-hydrogen) atoms. The fourth-order valence-electron chi connectivity index (χ4n) is 2.00. The molecular formula is C15H21NO4S. The Kier molecular flexibility index (Phi) is 5.36. The summed E-state index contributed by atoms with van der Waals surface area (Å²) in [6.07, 6.45) is 2.22. The first-order valence-electron chi connectivity index (χ1n) is 7.04. The number of ether oxygens (including phenoxy) is 2. The second kappa shape index (κ2) is 7.04. The standard InChI is InChI=1S/C15H21NO4S/c1-15(16,14(17)18)6-2-3-9-21-11-4-5-12-13(10-11)20-8-7-19-12/h4-5,10H,2-3,6-9,16H2,1H3,(H,17,18). The molecule has 0 aliphatic carbocycles. The van der Waals surface area contributed by atoms with Gasteiger partial charge in [0.1, 0.15) is 18.8 Å². The monoisotopic (exact) mass is 311 g/mol. The number of fused-ring (bicyclic) bond motifs is 1. The van der Waals surface area contributed by atoms with Gasteiger partial charge in [0.25, 0.3) is 0 Å². The van der Waals surface area contributed by atoms with E-state index in [1.54, 1.807) is 18.7 Å². The van der Waals surface area contributed by atoms with Crippen LogP contribution in [0.5, 0.6) is 11.5 Å². The van der Waals surface area contributed by atoms with Crippen LogP contribution in [0.15, 0.2) is 23.1 Å². The number of hydrogen-bond donors (Lipinski definition) is 2. The van der Waals surface area contributed by atoms with Gasteiger partial charge in [0.2, 0.25) is 0 Å². The Hall–Kier alpha value is -1.40. The van der Waals surface area contributed by atoms with Gasteiger partial charge in [-0.3, -0.25) is 4.79 Å². The van der Waals surface area contributed by atoms with Crippen LogP contribution in [0.4, 0.5) is 0 Å². The molecular weight excluding hydrogens is 290 g/mol. The predicted molar refractivity (Wildman–Crippen MR) is 82.2 cm³/mol. The zero-order valence-corrected chi connectivity index (χ0v) is 12.9. The lowest BCUT2D eigenvalue weighted by molar-refractivity contribution is -0.142. The zero-order chi connectivity index (χ0) is 15.3. The van der Waals surface area contributed by atoms with Gasteiger partial charge in [-0.05, 0) is 43.7 Å². The summed E-state index contributed by atoms with van der Waals surface area (Å²) < 4.78 is 11.0. The van der Waals surface area contributed by atoms with Crippen LogP contribution in [-0.4, -0.2) is 35.6 Å². The van der Waals surface area contributed by atoms with E-state index in [4.69, 9.17) is 20.3 Å². The smallest absolute Gasteiger partial charge is 0.323 e. The molecule has 2 rings (SSSR count). The third-order valence-corrected chi connectivity index (χ3v) is 4.44. The van der Waals surface area contributed by atoms with E-state index in [9.17, 15) is 4.79 Å². The molecule has 0 saturated carbocycles. The Morgan fingerprint density at radius 2 is 2.05 bits per heavy atom. The molecule has 1 unspecified atom stereocenters. The van der Waals surface area contributed by atoms with Gasteiger partial charge in [0.05, 0.1) is 0 Å². The largest absolute Gasteiger partial charge is 0.486 e. The molecule has 0 spiro atoms. The van der Waals surface area contributed by atoms with E-state index in [1.165, 1.54) is 0 Å². The van der Waals surface area contributed by atoms with Gasteiger partial charge in [-0.2, -0.15) is 0 Å². The molecule has 1 aliphatic heterocycles. The quantitative estimate of drug-likeness (QED) is 0.595. The first-order valence-corrected chi connectivity index (χ1v) is 8.02. The van der Waals surface area contributed by atoms with Gasteiger partial charge >= 0.3 is 5.97 Å². The molecule has 0 aromatic heterocycles. The van der Waals surface area contributed by atoms with Crippen molar-refractivity contribution in [3.05, 3.63) is 18.2 Å². The number of carboxylic acids is 1. The van der Waals surface area contributed by atoms with Crippen LogP contribution in [-0.2, 0) is 4.79 Å². The molecule has 0 amide bonds. The lowest BCUT2D eigenvalue weighted by atomic mass is 9.97. The lowest BCUT2D eigenvalue weighted by Gasteiger charge is -2.19. The molecule has 0 saturated heterocycles. The van der Waals surface area contributed by atoms with Gasteiger partial charge in [-0.15, -0.1) is 11.8 Å². The van der Waals surface area contributed by atoms with Crippen molar-refractivity contribution in [1.82, 2.24) is 0 Å². The second-order valence-electron chi connectivity index (χ2n) is 5.33. The van der Waals surface area contributed by atoms with Crippen molar-refractivity contribution in [3.63, 3.8) is 0 Å². The summed E-state index contributed by atoms with van der Waals surface area (Å²) in [7, 11) is 0. The first kappa shape index (κ1) is 16.0. The van der Waals surface area contributed by atoms with Crippen molar-refractivity contribution in [3.8, 4) is 11.5 Å². The predicted octanol–water partition coefficient (Wildman–Crippen LogP) is 2.52. The lowest BCUT2D eigenvalue weighted by Crippen LogP contribution is -2.44. The van der Waals surface area contributed by atoms with Crippen LogP contribution in [0, 0.1) is 0 Å². The summed E-state index contributed by atoms with van der Waals surface area (Å²) in [4.78, 5) is 12.0. The van der Waals surface area contributed by atoms with E-state index < -0.39 is 11.5 Å². The highest BCUT2D eigenvalue weighted by molar-refractivity contribution is 7.99. The first-order chi connectivity index (χ1) is 9.99. The van der Waals surface area contributed by atoms with Gasteiger partial charge in [0, 0.05) is 4.90 Å². The Morgan fingerprint density at radius 1 is 1.33 bits per heavy atom. The van der Waals surface area contributed by atoms with Crippen LogP contribution in [0.25, 0.3) is 0 Å². The molecule has 116 valence electrons. The summed E-state index contributed by atoms with van der Waals surface area (Å²) in [5, 5.41) is 8.93. The number of carbonyl (C=O) groups is 1. The number of hydrogen-bond acceptors (Lipinski definition) is 5. The Morgan fingerprint density at radius 3 is 2.76 bits per heavy atom. The third-order valence-electron chi connectivity index (χ3n) is 3.36. The molecule has 5 nitrogen and oxygen atoms in total. The van der Waals surface area contributed by atoms with E-state index in [0.717, 1.165) is 35.0 Å². The normalized spacial score (nSPS) is 16.3. The highest BCUT2D eigenvalue weighted by Gasteiger charge is 2.26. The minimum Gasteiger partial charge on any atom is -0.486 e. The van der Waals surface area contributed by atoms with Crippen molar-refractivity contribution in [2.24, 2.45) is 5.73 Å². The third kappa shape index (κ3) is 4.54.